The Morgan fingerprint density at radius 1 is 1.53 bits per heavy atom. The van der Waals surface area contributed by atoms with E-state index in [0.717, 1.165) is 29.0 Å². The summed E-state index contributed by atoms with van der Waals surface area (Å²) in [6, 6.07) is 4.07. The first-order valence-electron chi connectivity index (χ1n) is 6.16. The summed E-state index contributed by atoms with van der Waals surface area (Å²) in [5.74, 6) is 0.743. The van der Waals surface area contributed by atoms with Crippen molar-refractivity contribution in [3.05, 3.63) is 34.7 Å². The standard InChI is InChI=1S/C13H16BrN3/c14-12-4-2-6-17-9-11(16-13(12)17)7-10-3-1-5-15-8-10/h2,4,6,9-10,15H,1,3,5,7-8H2. The molecule has 1 atom stereocenters. The van der Waals surface area contributed by atoms with Crippen molar-refractivity contribution >= 4 is 21.6 Å². The first kappa shape index (κ1) is 11.2. The van der Waals surface area contributed by atoms with E-state index in [1.54, 1.807) is 0 Å². The SMILES string of the molecule is Brc1cccn2cc(CC3CCCNC3)nc12. The third-order valence-electron chi connectivity index (χ3n) is 3.38. The average molecular weight is 294 g/mol. The second-order valence-electron chi connectivity index (χ2n) is 4.74. The number of aromatic nitrogens is 2. The Labute approximate surface area is 109 Å². The number of nitrogens with one attached hydrogen (secondary N) is 1. The van der Waals surface area contributed by atoms with Gasteiger partial charge in [0.05, 0.1) is 10.2 Å². The molecule has 90 valence electrons. The second kappa shape index (κ2) is 4.78. The van der Waals surface area contributed by atoms with E-state index in [1.165, 1.54) is 25.1 Å². The predicted octanol–water partition coefficient (Wildman–Crippen LogP) is 2.64. The molecule has 0 aliphatic carbocycles. The molecule has 1 fully saturated rings. The van der Waals surface area contributed by atoms with Crippen molar-refractivity contribution in [1.82, 2.24) is 14.7 Å². The first-order chi connectivity index (χ1) is 8.33. The first-order valence-corrected chi connectivity index (χ1v) is 6.95. The fraction of sp³-hybridized carbons (Fsp3) is 0.462. The van der Waals surface area contributed by atoms with Crippen LogP contribution < -0.4 is 5.32 Å². The molecule has 0 bridgehead atoms. The lowest BCUT2D eigenvalue weighted by Crippen LogP contribution is -2.30. The number of fused-ring (bicyclic) bond motifs is 1. The Morgan fingerprint density at radius 3 is 3.24 bits per heavy atom. The lowest BCUT2D eigenvalue weighted by Gasteiger charge is -2.21. The molecule has 0 amide bonds. The van der Waals surface area contributed by atoms with Gasteiger partial charge in [-0.05, 0) is 66.3 Å². The number of imidazole rings is 1. The van der Waals surface area contributed by atoms with Crippen LogP contribution in [0.1, 0.15) is 18.5 Å². The summed E-state index contributed by atoms with van der Waals surface area (Å²) in [4.78, 5) is 4.69. The van der Waals surface area contributed by atoms with Crippen LogP contribution in [0.5, 0.6) is 0 Å². The molecule has 3 rings (SSSR count). The molecule has 3 nitrogen and oxygen atoms in total. The van der Waals surface area contributed by atoms with Gasteiger partial charge in [0.2, 0.25) is 0 Å². The highest BCUT2D eigenvalue weighted by atomic mass is 79.9. The minimum Gasteiger partial charge on any atom is -0.316 e. The zero-order valence-electron chi connectivity index (χ0n) is 9.69. The fourth-order valence-electron chi connectivity index (χ4n) is 2.52. The summed E-state index contributed by atoms with van der Waals surface area (Å²) in [6.45, 7) is 2.31. The zero-order valence-corrected chi connectivity index (χ0v) is 11.3. The van der Waals surface area contributed by atoms with Crippen molar-refractivity contribution in [2.24, 2.45) is 5.92 Å². The van der Waals surface area contributed by atoms with Gasteiger partial charge in [0, 0.05) is 12.4 Å². The van der Waals surface area contributed by atoms with Gasteiger partial charge in [-0.3, -0.25) is 0 Å². The maximum absolute atomic E-state index is 4.69. The highest BCUT2D eigenvalue weighted by Gasteiger charge is 2.15. The molecule has 2 aromatic heterocycles. The molecule has 1 aliphatic heterocycles. The minimum atomic E-state index is 0.743. The maximum atomic E-state index is 4.69. The van der Waals surface area contributed by atoms with Crippen LogP contribution in [0.2, 0.25) is 0 Å². The van der Waals surface area contributed by atoms with Crippen LogP contribution in [0.3, 0.4) is 0 Å². The number of piperidine rings is 1. The van der Waals surface area contributed by atoms with E-state index in [1.807, 2.05) is 12.1 Å². The van der Waals surface area contributed by atoms with Gasteiger partial charge in [-0.1, -0.05) is 0 Å². The van der Waals surface area contributed by atoms with E-state index >= 15 is 0 Å². The van der Waals surface area contributed by atoms with Crippen molar-refractivity contribution in [1.29, 1.82) is 0 Å². The quantitative estimate of drug-likeness (QED) is 0.922. The van der Waals surface area contributed by atoms with Crippen molar-refractivity contribution in [2.75, 3.05) is 13.1 Å². The van der Waals surface area contributed by atoms with E-state index in [9.17, 15) is 0 Å². The van der Waals surface area contributed by atoms with Crippen LogP contribution in [0.25, 0.3) is 5.65 Å². The van der Waals surface area contributed by atoms with E-state index in [4.69, 9.17) is 4.98 Å². The van der Waals surface area contributed by atoms with Gasteiger partial charge in [0.15, 0.2) is 5.65 Å². The molecule has 1 aliphatic rings. The van der Waals surface area contributed by atoms with Crippen LogP contribution in [0, 0.1) is 5.92 Å². The Hall–Kier alpha value is -0.870. The Kier molecular flexibility index (Phi) is 3.16. The number of hydrogen-bond acceptors (Lipinski definition) is 2. The molecule has 1 N–H and O–H groups in total. The molecule has 3 heterocycles. The zero-order chi connectivity index (χ0) is 11.7. The monoisotopic (exact) mass is 293 g/mol. The van der Waals surface area contributed by atoms with Crippen LogP contribution in [0.4, 0.5) is 0 Å². The van der Waals surface area contributed by atoms with E-state index in [-0.39, 0.29) is 0 Å². The summed E-state index contributed by atoms with van der Waals surface area (Å²) < 4.78 is 3.16. The van der Waals surface area contributed by atoms with Crippen LogP contribution in [-0.2, 0) is 6.42 Å². The number of nitrogens with zero attached hydrogens (tertiary/aromatic N) is 2. The molecule has 0 aromatic carbocycles. The number of hydrogen-bond donors (Lipinski definition) is 1. The van der Waals surface area contributed by atoms with Gasteiger partial charge in [-0.15, -0.1) is 0 Å². The normalized spacial score (nSPS) is 20.9. The van der Waals surface area contributed by atoms with Crippen molar-refractivity contribution < 1.29 is 0 Å². The van der Waals surface area contributed by atoms with Crippen LogP contribution >= 0.6 is 15.9 Å². The molecule has 2 aromatic rings. The number of halogens is 1. The molecule has 1 saturated heterocycles. The molecule has 1 unspecified atom stereocenters. The van der Waals surface area contributed by atoms with E-state index < -0.39 is 0 Å². The fourth-order valence-corrected chi connectivity index (χ4v) is 2.97. The van der Waals surface area contributed by atoms with E-state index in [0.29, 0.717) is 0 Å². The van der Waals surface area contributed by atoms with E-state index in [2.05, 4.69) is 38.0 Å². The van der Waals surface area contributed by atoms with Crippen LogP contribution in [-0.4, -0.2) is 22.5 Å². The van der Waals surface area contributed by atoms with Gasteiger partial charge >= 0.3 is 0 Å². The molecular formula is C13H16BrN3. The van der Waals surface area contributed by atoms with Crippen molar-refractivity contribution in [3.63, 3.8) is 0 Å². The second-order valence-corrected chi connectivity index (χ2v) is 5.59. The highest BCUT2D eigenvalue weighted by molar-refractivity contribution is 9.10. The third-order valence-corrected chi connectivity index (χ3v) is 4.00. The summed E-state index contributed by atoms with van der Waals surface area (Å²) >= 11 is 3.54. The van der Waals surface area contributed by atoms with Gasteiger partial charge in [-0.25, -0.2) is 4.98 Å². The van der Waals surface area contributed by atoms with Crippen LogP contribution in [0.15, 0.2) is 29.0 Å². The molecule has 17 heavy (non-hydrogen) atoms. The van der Waals surface area contributed by atoms with Gasteiger partial charge in [-0.2, -0.15) is 0 Å². The Morgan fingerprint density at radius 2 is 2.47 bits per heavy atom. The van der Waals surface area contributed by atoms with Crippen molar-refractivity contribution in [2.45, 2.75) is 19.3 Å². The molecule has 0 radical (unpaired) electrons. The minimum absolute atomic E-state index is 0.743. The summed E-state index contributed by atoms with van der Waals surface area (Å²) in [7, 11) is 0. The van der Waals surface area contributed by atoms with Gasteiger partial charge < -0.3 is 9.72 Å². The third kappa shape index (κ3) is 2.38. The smallest absolute Gasteiger partial charge is 0.151 e. The summed E-state index contributed by atoms with van der Waals surface area (Å²) in [5, 5.41) is 3.46. The maximum Gasteiger partial charge on any atom is 0.151 e. The number of pyridine rings is 1. The topological polar surface area (TPSA) is 29.3 Å². The largest absolute Gasteiger partial charge is 0.316 e. The molecule has 0 spiro atoms. The Balaban J connectivity index is 1.83. The van der Waals surface area contributed by atoms with Gasteiger partial charge in [0.1, 0.15) is 0 Å². The number of rotatable bonds is 2. The van der Waals surface area contributed by atoms with Gasteiger partial charge in [0.25, 0.3) is 0 Å². The lowest BCUT2D eigenvalue weighted by molar-refractivity contribution is 0.374. The summed E-state index contributed by atoms with van der Waals surface area (Å²) in [6.07, 6.45) is 7.90. The highest BCUT2D eigenvalue weighted by Crippen LogP contribution is 2.20. The average Bonchev–Trinajstić information content (AvgIpc) is 2.74. The molecular weight excluding hydrogens is 278 g/mol. The summed E-state index contributed by atoms with van der Waals surface area (Å²) in [5.41, 5.74) is 2.22. The molecule has 0 saturated carbocycles. The lowest BCUT2D eigenvalue weighted by atomic mass is 9.95. The molecule has 4 heteroatoms. The van der Waals surface area contributed by atoms with Crippen molar-refractivity contribution in [3.8, 4) is 0 Å². The predicted molar refractivity (Wildman–Crippen MR) is 72.2 cm³/mol. The Bertz CT molecular complexity index is 514.